The van der Waals surface area contributed by atoms with Crippen LogP contribution in [0.15, 0.2) is 395 Å². The first-order valence-corrected chi connectivity index (χ1v) is 52.2. The van der Waals surface area contributed by atoms with E-state index in [0.29, 0.717) is 71.0 Å². The molecule has 0 bridgehead atoms. The van der Waals surface area contributed by atoms with Crippen LogP contribution in [0.1, 0.15) is 29.7 Å². The Morgan fingerprint density at radius 3 is 1.07 bits per heavy atom. The molecule has 3 aromatic heterocycles. The minimum absolute atomic E-state index is 0. The number of phenolic OH excluding ortho intramolecular Hbond substituents is 5. The van der Waals surface area contributed by atoms with Crippen LogP contribution >= 0.6 is 150 Å². The molecule has 19 rings (SSSR count). The molecule has 0 saturated heterocycles. The third kappa shape index (κ3) is 32.3. The first-order chi connectivity index (χ1) is 67.5. The highest BCUT2D eigenvalue weighted by atomic mass is 127. The van der Waals surface area contributed by atoms with Gasteiger partial charge < -0.3 is 72.3 Å². The fourth-order valence-corrected chi connectivity index (χ4v) is 18.7. The van der Waals surface area contributed by atoms with Crippen molar-refractivity contribution in [3.63, 3.8) is 0 Å². The Morgan fingerprint density at radius 1 is 0.327 bits per heavy atom. The fourth-order valence-electron chi connectivity index (χ4n) is 13.3. The van der Waals surface area contributed by atoms with Gasteiger partial charge in [0.2, 0.25) is 0 Å². The number of fused-ring (bicyclic) bond motifs is 9. The van der Waals surface area contributed by atoms with Gasteiger partial charge in [0, 0.05) is 126 Å². The lowest BCUT2D eigenvalue weighted by molar-refractivity contribution is -0.0512. The van der Waals surface area contributed by atoms with Gasteiger partial charge in [-0.3, -0.25) is 4.55 Å². The maximum absolute atomic E-state index is 13.5. The zero-order valence-corrected chi connectivity index (χ0v) is 89.3. The number of halogens is 18. The Morgan fingerprint density at radius 2 is 0.673 bits per heavy atom. The van der Waals surface area contributed by atoms with Crippen LogP contribution in [0.4, 0.5) is 85.0 Å². The third-order valence-corrected chi connectivity index (χ3v) is 26.6. The largest absolute Gasteiger partial charge is 0.534 e. The molecular weight excluding hydrogens is 2630 g/mol. The smallest absolute Gasteiger partial charge is 0.508 e. The first kappa shape index (κ1) is 121. The fraction of sp³-hybridized carbons (Fsp3) is 0.0680. The summed E-state index contributed by atoms with van der Waals surface area (Å²) in [5.74, 6) is -0.248. The summed E-state index contributed by atoms with van der Waals surface area (Å²) in [4.78, 5) is 3.83. The first-order valence-electron chi connectivity index (χ1n) is 40.5. The molecule has 44 heteroatoms. The van der Waals surface area contributed by atoms with Crippen molar-refractivity contribution in [2.45, 2.75) is 46.2 Å². The van der Waals surface area contributed by atoms with Crippen molar-refractivity contribution in [3.8, 4) is 51.4 Å². The number of alkyl halides is 9. The molecule has 0 amide bonds. The Balaban J connectivity index is 0.000000222. The van der Waals surface area contributed by atoms with Gasteiger partial charge in [0.05, 0.1) is 14.6 Å². The molecule has 0 spiro atoms. The van der Waals surface area contributed by atoms with E-state index in [1.54, 1.807) is 83.8 Å². The summed E-state index contributed by atoms with van der Waals surface area (Å²) in [5, 5.41) is 71.4. The zero-order valence-electron chi connectivity index (χ0n) is 72.0. The average molecular weight is 2710 g/mol. The molecule has 19 aromatic rings. The molecule has 0 unspecified atom stereocenters. The highest BCUT2D eigenvalue weighted by Crippen LogP contribution is 2.49. The Kier molecular flexibility index (Phi) is 43.3. The summed E-state index contributed by atoms with van der Waals surface area (Å²) >= 11 is 28.3. The summed E-state index contributed by atoms with van der Waals surface area (Å²) in [6, 6.07) is 103. The van der Waals surface area contributed by atoms with Gasteiger partial charge in [-0.05, 0) is 278 Å². The molecule has 0 fully saturated rings. The van der Waals surface area contributed by atoms with Gasteiger partial charge in [0.25, 0.3) is 0 Å². The van der Waals surface area contributed by atoms with E-state index >= 15 is 0 Å². The van der Waals surface area contributed by atoms with Gasteiger partial charge in [0.1, 0.15) is 68.2 Å². The maximum Gasteiger partial charge on any atom is 0.534 e. The number of rotatable bonds is 14. The molecule has 3 heterocycles. The number of phenols is 5. The van der Waals surface area contributed by atoms with Crippen molar-refractivity contribution in [2.75, 3.05) is 15.1 Å². The number of para-hydroxylation sites is 6. The highest BCUT2D eigenvalue weighted by Gasteiger charge is 2.50. The zero-order chi connectivity index (χ0) is 104. The summed E-state index contributed by atoms with van der Waals surface area (Å²) in [6.07, 6.45) is 0. The maximum atomic E-state index is 13.5. The standard InChI is InChI=1S/C37H25F3N2O4S.C13H5Br2F3O4S.C12H6Br2O2.C12H8Br2O2.C12H11N.C6H6BBrO3.C6H4BrIO.CHF3O3S.4CH4/c38-37(39,40)47(43,44)46-31-24-33-32-22-21-30(41(26-13-5-1-6-14-26)27-15-7-2-8-16-27)23-35(32)45-36(33)34(25-31)42(28-17-9-3-10-18-28)29-19-11-4-12-20-29;14-6-1-2-8-9-4-7(22-23(19,20)13(16,17)18)5-10(15)12(9)21-11(8)3-6;13-6-1-2-8-9-4-7(15)5-10(14)12(9)16-11(8)3-6;13-8-1-2-11(12(16)6-8)7-3-9(14)5-10(15)4-7;1-3-7-11(8-4-1)13-12-9-5-2-6-10-12;8-4-1-2-5(7(10)11)6(9)3-4;7-4-1-5(8)3-6(9)2-4;2-1(3,4)8(5,6)7;;;;/h1-25H;1-5H;1-5,15H;1-6,15-16H;1-10,13H;1-3,9-11H;1-3,9H;(H,5,6,7);4*1H4. The quantitative estimate of drug-likeness (QED) is 0.0122. The van der Waals surface area contributed by atoms with Crippen molar-refractivity contribution in [1.29, 1.82) is 0 Å². The molecule has 0 radical (unpaired) electrons. The summed E-state index contributed by atoms with van der Waals surface area (Å²) in [6.45, 7) is 0. The molecule has 0 atom stereocenters. The van der Waals surface area contributed by atoms with E-state index in [1.165, 1.54) is 30.3 Å². The van der Waals surface area contributed by atoms with Crippen LogP contribution in [0.5, 0.6) is 40.2 Å². The van der Waals surface area contributed by atoms with E-state index in [0.717, 1.165) is 92.4 Å². The van der Waals surface area contributed by atoms with E-state index in [-0.39, 0.29) is 68.3 Å². The number of hydrogen-bond donors (Lipinski definition) is 9. The van der Waals surface area contributed by atoms with Crippen molar-refractivity contribution in [2.24, 2.45) is 0 Å². The normalized spacial score (nSPS) is 11.1. The molecule has 0 saturated carbocycles. The number of hydrogen-bond acceptors (Lipinski definition) is 21. The Bertz CT molecular complexity index is 7920. The van der Waals surface area contributed by atoms with Crippen LogP contribution in [0.3, 0.4) is 0 Å². The lowest BCUT2D eigenvalue weighted by Crippen LogP contribution is -2.29. The SMILES string of the molecule is C.C.C.C.O=S(=O)(O)C(F)(F)F.O=S(=O)(Oc1cc(Br)c2oc3cc(Br)ccc3c2c1)C(F)(F)F.O=S(=O)(Oc1cc(N(c2ccccc2)c2ccccc2)c2oc3cc(N(c4ccccc4)c4ccccc4)ccc3c2c1)C(F)(F)F.OB(O)c1ccc(Br)cc1O.Oc1cc(Br)c2oc3cc(Br)ccc3c2c1.Oc1cc(Br)cc(-c2ccc(Br)cc2O)c1.Oc1cc(Br)cc(I)c1.c1ccc(Nc2ccccc2)cc1. The van der Waals surface area contributed by atoms with Crippen LogP contribution in [0.25, 0.3) is 76.9 Å². The number of furan rings is 3. The van der Waals surface area contributed by atoms with E-state index < -0.39 is 65.5 Å². The molecule has 16 aromatic carbocycles. The van der Waals surface area contributed by atoms with Crippen molar-refractivity contribution < 1.29 is 127 Å². The predicted octanol–water partition coefficient (Wildman–Crippen LogP) is 34.2. The van der Waals surface area contributed by atoms with E-state index in [9.17, 15) is 71.7 Å². The van der Waals surface area contributed by atoms with Crippen molar-refractivity contribution in [3.05, 3.63) is 385 Å². The van der Waals surface area contributed by atoms with Crippen LogP contribution in [-0.4, -0.2) is 89.0 Å². The van der Waals surface area contributed by atoms with E-state index in [1.807, 2.05) is 231 Å². The number of benzene rings is 16. The van der Waals surface area contributed by atoms with Gasteiger partial charge in [-0.1, -0.05) is 241 Å². The minimum Gasteiger partial charge on any atom is -0.508 e. The lowest BCUT2D eigenvalue weighted by Gasteiger charge is -2.26. The van der Waals surface area contributed by atoms with Crippen LogP contribution in [0, 0.1) is 3.57 Å². The molecule has 0 aliphatic rings. The van der Waals surface area contributed by atoms with Gasteiger partial charge in [-0.2, -0.15) is 64.8 Å². The third-order valence-electron chi connectivity index (χ3n) is 19.4. The van der Waals surface area contributed by atoms with Gasteiger partial charge in [-0.25, -0.2) is 0 Å². The summed E-state index contributed by atoms with van der Waals surface area (Å²) < 4.78 is 216. The van der Waals surface area contributed by atoms with Crippen LogP contribution < -0.4 is 28.9 Å². The number of nitrogens with zero attached hydrogens (tertiary/aromatic N) is 2. The summed E-state index contributed by atoms with van der Waals surface area (Å²) in [7, 11) is -19.2. The number of anilines is 8. The molecule has 147 heavy (non-hydrogen) atoms. The number of aromatic hydroxyl groups is 5. The minimum atomic E-state index is -5.96. The molecule has 9 N–H and O–H groups in total. The second-order valence-electron chi connectivity index (χ2n) is 29.5. The second-order valence-corrected chi connectivity index (χ2v) is 42.4. The van der Waals surface area contributed by atoms with Gasteiger partial charge in [0.15, 0.2) is 5.58 Å². The molecule has 0 aliphatic heterocycles. The predicted molar refractivity (Wildman–Crippen MR) is 600 cm³/mol. The topological polar surface area (TPSA) is 341 Å². The highest BCUT2D eigenvalue weighted by molar-refractivity contribution is 14.1. The lowest BCUT2D eigenvalue weighted by atomic mass is 9.80. The summed E-state index contributed by atoms with van der Waals surface area (Å²) in [5.41, 5.74) is -5.49. The monoisotopic (exact) mass is 2700 g/mol. The van der Waals surface area contributed by atoms with Crippen molar-refractivity contribution >= 4 is 304 Å². The molecule has 0 aliphatic carbocycles. The van der Waals surface area contributed by atoms with Gasteiger partial charge in [-0.15, -0.1) is 0 Å². The average Bonchev–Trinajstić information content (AvgIpc) is 1.58. The molecule has 22 nitrogen and oxygen atoms in total. The van der Waals surface area contributed by atoms with Crippen LogP contribution in [0.2, 0.25) is 0 Å². The van der Waals surface area contributed by atoms with E-state index in [2.05, 4.69) is 164 Å². The van der Waals surface area contributed by atoms with Crippen molar-refractivity contribution in [1.82, 2.24) is 0 Å². The Hall–Kier alpha value is -11.3. The van der Waals surface area contributed by atoms with E-state index in [4.69, 9.17) is 50.7 Å². The van der Waals surface area contributed by atoms with Crippen LogP contribution in [-0.2, 0) is 30.4 Å². The number of nitrogens with one attached hydrogen (secondary N) is 1. The molecular formula is C103H82BBr8F9IN3O19S3. The van der Waals surface area contributed by atoms with Gasteiger partial charge >= 0.3 is 54.0 Å². The second kappa shape index (κ2) is 52.7. The Labute approximate surface area is 919 Å². The molecule has 770 valence electrons.